The van der Waals surface area contributed by atoms with E-state index in [0.717, 1.165) is 17.7 Å². The van der Waals surface area contributed by atoms with Crippen molar-refractivity contribution < 1.29 is 35.9 Å². The highest BCUT2D eigenvalue weighted by atomic mass is 19.4. The van der Waals surface area contributed by atoms with Crippen LogP contribution in [0.25, 0.3) is 0 Å². The molecule has 1 amide bonds. The first-order valence-corrected chi connectivity index (χ1v) is 11.9. The van der Waals surface area contributed by atoms with Crippen molar-refractivity contribution in [2.45, 2.75) is 75.3 Å². The molecular weight excluding hydrogens is 486 g/mol. The monoisotopic (exact) mass is 514 g/mol. The largest absolute Gasteiger partial charge is 0.416 e. The van der Waals surface area contributed by atoms with Crippen LogP contribution in [0.2, 0.25) is 0 Å². The van der Waals surface area contributed by atoms with Gasteiger partial charge in [-0.05, 0) is 62.6 Å². The van der Waals surface area contributed by atoms with E-state index in [2.05, 4.69) is 10.2 Å². The van der Waals surface area contributed by atoms with Gasteiger partial charge >= 0.3 is 12.4 Å². The molecule has 0 spiro atoms. The third-order valence-electron chi connectivity index (χ3n) is 7.19. The van der Waals surface area contributed by atoms with Crippen LogP contribution < -0.4 is 5.32 Å². The van der Waals surface area contributed by atoms with Gasteiger partial charge in [-0.1, -0.05) is 30.3 Å². The number of alkyl halides is 6. The van der Waals surface area contributed by atoms with Gasteiger partial charge in [-0.15, -0.1) is 0 Å². The average molecular weight is 515 g/mol. The fourth-order valence-electron chi connectivity index (χ4n) is 5.35. The summed E-state index contributed by atoms with van der Waals surface area (Å²) in [6.45, 7) is 1.48. The van der Waals surface area contributed by atoms with Gasteiger partial charge in [-0.2, -0.15) is 26.3 Å². The van der Waals surface area contributed by atoms with Crippen LogP contribution in [0.15, 0.2) is 48.5 Å². The first-order valence-electron chi connectivity index (χ1n) is 11.9. The van der Waals surface area contributed by atoms with Crippen LogP contribution >= 0.6 is 0 Å². The molecule has 2 aliphatic rings. The predicted molar refractivity (Wildman–Crippen MR) is 121 cm³/mol. The molecule has 2 fully saturated rings. The van der Waals surface area contributed by atoms with Crippen LogP contribution in [0.3, 0.4) is 0 Å². The first kappa shape index (κ1) is 26.5. The zero-order valence-corrected chi connectivity index (χ0v) is 19.9. The Bertz CT molecular complexity index is 1040. The molecule has 4 nitrogen and oxygen atoms in total. The van der Waals surface area contributed by atoms with Crippen LogP contribution in [0.5, 0.6) is 0 Å². The van der Waals surface area contributed by atoms with E-state index in [1.165, 1.54) is 6.92 Å². The molecule has 2 aromatic carbocycles. The number of rotatable bonds is 6. The SMILES string of the molecule is C[C@@H](O[C@H]1CC[C@@H](N(C)[C@H]2CCC(=O)N2)[C@@H]1c1ccccc1)c1cc(C(F)(F)F)cc(C(F)(F)F)c1. The van der Waals surface area contributed by atoms with E-state index >= 15 is 0 Å². The molecule has 2 aromatic rings. The molecule has 0 bridgehead atoms. The molecule has 196 valence electrons. The van der Waals surface area contributed by atoms with Crippen LogP contribution in [0.1, 0.15) is 66.9 Å². The minimum Gasteiger partial charge on any atom is -0.370 e. The zero-order chi connectivity index (χ0) is 26.3. The number of hydrogen-bond donors (Lipinski definition) is 1. The van der Waals surface area contributed by atoms with E-state index in [0.29, 0.717) is 25.7 Å². The van der Waals surface area contributed by atoms with Gasteiger partial charge in [0.2, 0.25) is 5.91 Å². The fraction of sp³-hybridized carbons (Fsp3) is 0.500. The standard InChI is InChI=1S/C26H28F6N2O2/c1-15(17-12-18(25(27,28)29)14-19(13-17)26(30,31)32)36-21-9-8-20(24(21)16-6-4-3-5-7-16)34(2)22-10-11-23(35)33-22/h3-7,12-15,20-22,24H,8-11H2,1-2H3,(H,33,35)/t15-,20-,21+,22+,24+/m1/s1. The maximum atomic E-state index is 13.4. The quantitative estimate of drug-likeness (QED) is 0.461. The van der Waals surface area contributed by atoms with E-state index in [-0.39, 0.29) is 35.7 Å². The second-order valence-electron chi connectivity index (χ2n) is 9.52. The van der Waals surface area contributed by atoms with Crippen LogP contribution in [0, 0.1) is 0 Å². The molecule has 1 N–H and O–H groups in total. The molecule has 0 radical (unpaired) electrons. The highest BCUT2D eigenvalue weighted by Crippen LogP contribution is 2.44. The number of nitrogens with one attached hydrogen (secondary N) is 1. The van der Waals surface area contributed by atoms with Gasteiger partial charge in [0.25, 0.3) is 0 Å². The summed E-state index contributed by atoms with van der Waals surface area (Å²) in [4.78, 5) is 13.9. The van der Waals surface area contributed by atoms with Crippen LogP contribution in [-0.4, -0.2) is 36.2 Å². The van der Waals surface area contributed by atoms with Gasteiger partial charge in [-0.25, -0.2) is 0 Å². The lowest BCUT2D eigenvalue weighted by atomic mass is 9.91. The van der Waals surface area contributed by atoms with Crippen molar-refractivity contribution in [3.63, 3.8) is 0 Å². The number of halogens is 6. The van der Waals surface area contributed by atoms with Crippen molar-refractivity contribution in [1.82, 2.24) is 10.2 Å². The predicted octanol–water partition coefficient (Wildman–Crippen LogP) is 6.28. The molecule has 1 heterocycles. The smallest absolute Gasteiger partial charge is 0.370 e. The minimum absolute atomic E-state index is 0.0208. The summed E-state index contributed by atoms with van der Waals surface area (Å²) >= 11 is 0. The third kappa shape index (κ3) is 5.70. The highest BCUT2D eigenvalue weighted by molar-refractivity contribution is 5.78. The molecule has 0 unspecified atom stereocenters. The maximum absolute atomic E-state index is 13.4. The molecule has 1 saturated carbocycles. The highest BCUT2D eigenvalue weighted by Gasteiger charge is 2.44. The molecule has 4 rings (SSSR count). The Kier molecular flexibility index (Phi) is 7.39. The van der Waals surface area contributed by atoms with Crippen molar-refractivity contribution in [3.8, 4) is 0 Å². The van der Waals surface area contributed by atoms with Crippen LogP contribution in [0.4, 0.5) is 26.3 Å². The van der Waals surface area contributed by atoms with Crippen LogP contribution in [-0.2, 0) is 21.9 Å². The number of amides is 1. The first-order chi connectivity index (χ1) is 16.8. The van der Waals surface area contributed by atoms with E-state index in [9.17, 15) is 31.1 Å². The Labute approximate surface area is 205 Å². The van der Waals surface area contributed by atoms with Gasteiger partial charge in [0.1, 0.15) is 0 Å². The summed E-state index contributed by atoms with van der Waals surface area (Å²) < 4.78 is 86.4. The Morgan fingerprint density at radius 2 is 1.56 bits per heavy atom. The normalized spacial score (nSPS) is 25.9. The second kappa shape index (κ2) is 10.0. The molecule has 36 heavy (non-hydrogen) atoms. The van der Waals surface area contributed by atoms with Crippen molar-refractivity contribution in [1.29, 1.82) is 0 Å². The summed E-state index contributed by atoms with van der Waals surface area (Å²) in [5, 5.41) is 2.96. The maximum Gasteiger partial charge on any atom is 0.416 e. The zero-order valence-electron chi connectivity index (χ0n) is 19.9. The number of likely N-dealkylation sites (N-methyl/N-ethyl adjacent to an activating group) is 1. The molecule has 1 saturated heterocycles. The lowest BCUT2D eigenvalue weighted by molar-refractivity contribution is -0.143. The molecular formula is C26H28F6N2O2. The molecule has 1 aliphatic heterocycles. The molecule has 10 heteroatoms. The fourth-order valence-corrected chi connectivity index (χ4v) is 5.35. The Hall–Kier alpha value is -2.59. The second-order valence-corrected chi connectivity index (χ2v) is 9.52. The number of hydrogen-bond acceptors (Lipinski definition) is 3. The Morgan fingerprint density at radius 1 is 0.944 bits per heavy atom. The lowest BCUT2D eigenvalue weighted by Crippen LogP contribution is -2.48. The molecule has 5 atom stereocenters. The summed E-state index contributed by atoms with van der Waals surface area (Å²) in [7, 11) is 1.92. The third-order valence-corrected chi connectivity index (χ3v) is 7.19. The van der Waals surface area contributed by atoms with Crippen molar-refractivity contribution >= 4 is 5.91 Å². The molecule has 1 aliphatic carbocycles. The van der Waals surface area contributed by atoms with Crippen molar-refractivity contribution in [3.05, 3.63) is 70.8 Å². The summed E-state index contributed by atoms with van der Waals surface area (Å²) in [5.41, 5.74) is -1.93. The topological polar surface area (TPSA) is 41.6 Å². The summed E-state index contributed by atoms with van der Waals surface area (Å²) in [6, 6.07) is 11.1. The number of benzene rings is 2. The minimum atomic E-state index is -4.92. The Morgan fingerprint density at radius 3 is 2.08 bits per heavy atom. The lowest BCUT2D eigenvalue weighted by Gasteiger charge is -2.36. The van der Waals surface area contributed by atoms with Gasteiger partial charge in [-0.3, -0.25) is 9.69 Å². The Balaban J connectivity index is 1.62. The number of nitrogens with zero attached hydrogens (tertiary/aromatic N) is 1. The van der Waals surface area contributed by atoms with Gasteiger partial charge in [0.15, 0.2) is 0 Å². The number of ether oxygens (including phenoxy) is 1. The summed E-state index contributed by atoms with van der Waals surface area (Å²) in [6.07, 6.45) is -9.03. The van der Waals surface area contributed by atoms with E-state index < -0.39 is 35.7 Å². The van der Waals surface area contributed by atoms with Gasteiger partial charge in [0, 0.05) is 18.4 Å². The summed E-state index contributed by atoms with van der Waals surface area (Å²) in [5.74, 6) is -0.198. The van der Waals surface area contributed by atoms with E-state index in [1.807, 2.05) is 37.4 Å². The van der Waals surface area contributed by atoms with Gasteiger partial charge < -0.3 is 10.1 Å². The van der Waals surface area contributed by atoms with E-state index in [1.54, 1.807) is 0 Å². The average Bonchev–Trinajstić information content (AvgIpc) is 3.44. The number of carbonyl (C=O) groups excluding carboxylic acids is 1. The van der Waals surface area contributed by atoms with Gasteiger partial charge in [0.05, 0.1) is 29.5 Å². The van der Waals surface area contributed by atoms with Crippen molar-refractivity contribution in [2.75, 3.05) is 7.05 Å². The number of carbonyl (C=O) groups is 1. The van der Waals surface area contributed by atoms with Crippen molar-refractivity contribution in [2.24, 2.45) is 0 Å². The molecule has 0 aromatic heterocycles. The van der Waals surface area contributed by atoms with E-state index in [4.69, 9.17) is 4.74 Å².